The minimum absolute atomic E-state index is 0.0185. The Balaban J connectivity index is 2.43. The van der Waals surface area contributed by atoms with E-state index in [1.165, 1.54) is 0 Å². The molecule has 0 saturated heterocycles. The van der Waals surface area contributed by atoms with Crippen LogP contribution in [0.25, 0.3) is 0 Å². The first-order valence-corrected chi connectivity index (χ1v) is 5.71. The fraction of sp³-hybridized carbons (Fsp3) is 0.462. The Morgan fingerprint density at radius 3 is 2.67 bits per heavy atom. The van der Waals surface area contributed by atoms with Gasteiger partial charge in [-0.3, -0.25) is 4.79 Å². The van der Waals surface area contributed by atoms with Crippen molar-refractivity contribution in [3.63, 3.8) is 0 Å². The second-order valence-corrected chi connectivity index (χ2v) is 3.68. The maximum absolute atomic E-state index is 11.6. The van der Waals surface area contributed by atoms with Gasteiger partial charge in [-0.25, -0.2) is 0 Å². The maximum atomic E-state index is 11.6. The number of para-hydroxylation sites is 1. The lowest BCUT2D eigenvalue weighted by Crippen LogP contribution is -2.20. The molecule has 1 N–H and O–H groups in total. The second kappa shape index (κ2) is 8.63. The van der Waals surface area contributed by atoms with Gasteiger partial charge in [0.2, 0.25) is 5.91 Å². The molecule has 1 rings (SSSR count). The number of carbonyl (C=O) groups excluding carboxylic acids is 1. The van der Waals surface area contributed by atoms with Gasteiger partial charge >= 0.3 is 0 Å². The van der Waals surface area contributed by atoms with Crippen molar-refractivity contribution < 1.29 is 19.0 Å². The lowest BCUT2D eigenvalue weighted by molar-refractivity contribution is -0.121. The van der Waals surface area contributed by atoms with Crippen LogP contribution in [0.4, 0.5) is 5.69 Å². The molecule has 1 aromatic carbocycles. The van der Waals surface area contributed by atoms with Crippen LogP contribution in [-0.2, 0) is 25.6 Å². The standard InChI is InChI=1S/C13H19NO4/c1-16-7-8-18-10-13(15)14-12-6-4-3-5-11(12)9-17-2/h3-6H,7-10H2,1-2H3,(H,14,15). The van der Waals surface area contributed by atoms with Gasteiger partial charge in [-0.05, 0) is 6.07 Å². The number of rotatable bonds is 8. The Morgan fingerprint density at radius 2 is 1.94 bits per heavy atom. The van der Waals surface area contributed by atoms with Gasteiger partial charge in [-0.2, -0.15) is 0 Å². The van der Waals surface area contributed by atoms with E-state index >= 15 is 0 Å². The zero-order chi connectivity index (χ0) is 13.2. The van der Waals surface area contributed by atoms with E-state index in [1.54, 1.807) is 14.2 Å². The normalized spacial score (nSPS) is 10.3. The number of hydrogen-bond donors (Lipinski definition) is 1. The van der Waals surface area contributed by atoms with Crippen LogP contribution in [-0.4, -0.2) is 39.9 Å². The van der Waals surface area contributed by atoms with Crippen LogP contribution in [0.3, 0.4) is 0 Å². The average molecular weight is 253 g/mol. The van der Waals surface area contributed by atoms with Crippen molar-refractivity contribution >= 4 is 11.6 Å². The van der Waals surface area contributed by atoms with Gasteiger partial charge in [0.1, 0.15) is 6.61 Å². The topological polar surface area (TPSA) is 56.8 Å². The van der Waals surface area contributed by atoms with Crippen LogP contribution in [0.5, 0.6) is 0 Å². The van der Waals surface area contributed by atoms with Gasteiger partial charge in [-0.15, -0.1) is 0 Å². The number of anilines is 1. The Morgan fingerprint density at radius 1 is 1.17 bits per heavy atom. The number of nitrogens with one attached hydrogen (secondary N) is 1. The molecule has 5 heteroatoms. The van der Waals surface area contributed by atoms with Crippen molar-refractivity contribution in [2.45, 2.75) is 6.61 Å². The molecule has 0 saturated carbocycles. The van der Waals surface area contributed by atoms with Crippen molar-refractivity contribution in [1.82, 2.24) is 0 Å². The fourth-order valence-corrected chi connectivity index (χ4v) is 1.42. The summed E-state index contributed by atoms with van der Waals surface area (Å²) in [5.74, 6) is -0.186. The minimum atomic E-state index is -0.186. The summed E-state index contributed by atoms with van der Waals surface area (Å²) in [6.45, 7) is 1.36. The monoisotopic (exact) mass is 253 g/mol. The number of benzene rings is 1. The number of methoxy groups -OCH3 is 2. The first-order valence-electron chi connectivity index (χ1n) is 5.71. The molecule has 1 amide bonds. The molecule has 0 bridgehead atoms. The summed E-state index contributed by atoms with van der Waals surface area (Å²) in [6.07, 6.45) is 0. The third-order valence-electron chi connectivity index (χ3n) is 2.26. The predicted molar refractivity (Wildman–Crippen MR) is 68.5 cm³/mol. The Labute approximate surface area is 107 Å². The Bertz CT molecular complexity index is 368. The van der Waals surface area contributed by atoms with Gasteiger partial charge in [0.15, 0.2) is 0 Å². The fourth-order valence-electron chi connectivity index (χ4n) is 1.42. The van der Waals surface area contributed by atoms with Crippen molar-refractivity contribution in [2.75, 3.05) is 39.4 Å². The molecule has 0 unspecified atom stereocenters. The maximum Gasteiger partial charge on any atom is 0.250 e. The van der Waals surface area contributed by atoms with Crippen molar-refractivity contribution in [3.05, 3.63) is 29.8 Å². The molecular weight excluding hydrogens is 234 g/mol. The van der Waals surface area contributed by atoms with E-state index < -0.39 is 0 Å². The molecule has 18 heavy (non-hydrogen) atoms. The van der Waals surface area contributed by atoms with Gasteiger partial charge < -0.3 is 19.5 Å². The molecule has 0 radical (unpaired) electrons. The molecule has 0 spiro atoms. The van der Waals surface area contributed by atoms with E-state index in [9.17, 15) is 4.79 Å². The lowest BCUT2D eigenvalue weighted by atomic mass is 10.2. The highest BCUT2D eigenvalue weighted by molar-refractivity contribution is 5.92. The smallest absolute Gasteiger partial charge is 0.250 e. The van der Waals surface area contributed by atoms with Crippen LogP contribution in [0.1, 0.15) is 5.56 Å². The summed E-state index contributed by atoms with van der Waals surface area (Å²) in [7, 11) is 3.21. The van der Waals surface area contributed by atoms with Crippen LogP contribution < -0.4 is 5.32 Å². The summed E-state index contributed by atoms with van der Waals surface area (Å²) in [4.78, 5) is 11.6. The van der Waals surface area contributed by atoms with Gasteiger partial charge in [-0.1, -0.05) is 18.2 Å². The molecular formula is C13H19NO4. The quantitative estimate of drug-likeness (QED) is 0.712. The van der Waals surface area contributed by atoms with Crippen LogP contribution >= 0.6 is 0 Å². The van der Waals surface area contributed by atoms with Crippen molar-refractivity contribution in [1.29, 1.82) is 0 Å². The van der Waals surface area contributed by atoms with Crippen LogP contribution in [0, 0.1) is 0 Å². The minimum Gasteiger partial charge on any atom is -0.382 e. The molecule has 1 aromatic rings. The zero-order valence-corrected chi connectivity index (χ0v) is 10.8. The predicted octanol–water partition coefficient (Wildman–Crippen LogP) is 1.43. The molecule has 0 atom stereocenters. The molecule has 0 aliphatic rings. The molecule has 0 aliphatic heterocycles. The Kier molecular flexibility index (Phi) is 7.01. The zero-order valence-electron chi connectivity index (χ0n) is 10.8. The molecule has 5 nitrogen and oxygen atoms in total. The molecule has 100 valence electrons. The third kappa shape index (κ3) is 5.27. The van der Waals surface area contributed by atoms with E-state index in [2.05, 4.69) is 5.32 Å². The third-order valence-corrected chi connectivity index (χ3v) is 2.26. The number of ether oxygens (including phenoxy) is 3. The average Bonchev–Trinajstić information content (AvgIpc) is 2.37. The summed E-state index contributed by atoms with van der Waals surface area (Å²) >= 11 is 0. The largest absolute Gasteiger partial charge is 0.382 e. The van der Waals surface area contributed by atoms with Gasteiger partial charge in [0.05, 0.1) is 19.8 Å². The van der Waals surface area contributed by atoms with E-state index in [0.717, 1.165) is 11.3 Å². The first-order chi connectivity index (χ1) is 8.77. The highest BCUT2D eigenvalue weighted by Gasteiger charge is 2.06. The summed E-state index contributed by atoms with van der Waals surface area (Å²) in [6, 6.07) is 7.51. The summed E-state index contributed by atoms with van der Waals surface area (Å²) in [5, 5.41) is 2.79. The molecule has 0 aliphatic carbocycles. The Hall–Kier alpha value is -1.43. The SMILES string of the molecule is COCCOCC(=O)Nc1ccccc1COC. The van der Waals surface area contributed by atoms with Crippen LogP contribution in [0.15, 0.2) is 24.3 Å². The van der Waals surface area contributed by atoms with Gasteiger partial charge in [0, 0.05) is 25.5 Å². The van der Waals surface area contributed by atoms with Crippen molar-refractivity contribution in [3.8, 4) is 0 Å². The van der Waals surface area contributed by atoms with E-state index in [0.29, 0.717) is 19.8 Å². The summed E-state index contributed by atoms with van der Waals surface area (Å²) in [5.41, 5.74) is 1.69. The summed E-state index contributed by atoms with van der Waals surface area (Å²) < 4.78 is 15.0. The molecule has 0 aromatic heterocycles. The highest BCUT2D eigenvalue weighted by atomic mass is 16.5. The second-order valence-electron chi connectivity index (χ2n) is 3.68. The lowest BCUT2D eigenvalue weighted by Gasteiger charge is -2.10. The van der Waals surface area contributed by atoms with E-state index in [4.69, 9.17) is 14.2 Å². The molecule has 0 heterocycles. The van der Waals surface area contributed by atoms with Crippen LogP contribution in [0.2, 0.25) is 0 Å². The van der Waals surface area contributed by atoms with E-state index in [-0.39, 0.29) is 12.5 Å². The first kappa shape index (κ1) is 14.6. The number of amides is 1. The van der Waals surface area contributed by atoms with E-state index in [1.807, 2.05) is 24.3 Å². The number of hydrogen-bond acceptors (Lipinski definition) is 4. The molecule has 0 fully saturated rings. The van der Waals surface area contributed by atoms with Crippen molar-refractivity contribution in [2.24, 2.45) is 0 Å². The number of carbonyl (C=O) groups is 1. The van der Waals surface area contributed by atoms with Gasteiger partial charge in [0.25, 0.3) is 0 Å². The highest BCUT2D eigenvalue weighted by Crippen LogP contribution is 2.15.